The van der Waals surface area contributed by atoms with Gasteiger partial charge in [-0.1, -0.05) is 0 Å². The molecule has 0 saturated carbocycles. The van der Waals surface area contributed by atoms with Crippen LogP contribution in [0.25, 0.3) is 10.2 Å². The van der Waals surface area contributed by atoms with Crippen LogP contribution in [0.15, 0.2) is 24.5 Å². The molecule has 0 aromatic carbocycles. The van der Waals surface area contributed by atoms with E-state index in [2.05, 4.69) is 20.3 Å². The van der Waals surface area contributed by atoms with E-state index in [4.69, 9.17) is 16.3 Å². The number of hydrogen-bond donors (Lipinski definition) is 1. The van der Waals surface area contributed by atoms with E-state index >= 15 is 0 Å². The van der Waals surface area contributed by atoms with Gasteiger partial charge in [0.05, 0.1) is 22.1 Å². The Kier molecular flexibility index (Phi) is 6.42. The molecule has 3 aromatic rings. The van der Waals surface area contributed by atoms with Gasteiger partial charge in [0, 0.05) is 30.6 Å². The first kappa shape index (κ1) is 22.2. The Hall–Kier alpha value is -2.52. The van der Waals surface area contributed by atoms with Gasteiger partial charge in [0.2, 0.25) is 5.28 Å². The maximum Gasteiger partial charge on any atom is 0.407 e. The second kappa shape index (κ2) is 8.69. The third-order valence-corrected chi connectivity index (χ3v) is 5.39. The molecule has 0 radical (unpaired) electrons. The molecule has 3 aromatic heterocycles. The monoisotopic (exact) mass is 451 g/mol. The van der Waals surface area contributed by atoms with Crippen molar-refractivity contribution in [3.63, 3.8) is 0 Å². The van der Waals surface area contributed by atoms with Crippen LogP contribution in [0.5, 0.6) is 0 Å². The number of halogens is 2. The Morgan fingerprint density at radius 3 is 2.80 bits per heavy atom. The summed E-state index contributed by atoms with van der Waals surface area (Å²) < 4.78 is 20.3. The van der Waals surface area contributed by atoms with E-state index in [0.29, 0.717) is 23.4 Å². The number of nitrogens with zero attached hydrogens (tertiary/aromatic N) is 4. The summed E-state index contributed by atoms with van der Waals surface area (Å²) in [7, 11) is 1.71. The highest BCUT2D eigenvalue weighted by Gasteiger charge is 2.20. The molecule has 7 nitrogen and oxygen atoms in total. The number of nitrogens with one attached hydrogen (secondary N) is 1. The van der Waals surface area contributed by atoms with Crippen LogP contribution in [0.2, 0.25) is 5.28 Å². The van der Waals surface area contributed by atoms with Gasteiger partial charge in [-0.05, 0) is 51.4 Å². The van der Waals surface area contributed by atoms with E-state index in [9.17, 15) is 9.18 Å². The van der Waals surface area contributed by atoms with Gasteiger partial charge in [-0.15, -0.1) is 11.3 Å². The van der Waals surface area contributed by atoms with Gasteiger partial charge in [-0.3, -0.25) is 4.98 Å². The average molecular weight is 452 g/mol. The van der Waals surface area contributed by atoms with Gasteiger partial charge in [0.25, 0.3) is 0 Å². The van der Waals surface area contributed by atoms with Gasteiger partial charge in [0.1, 0.15) is 5.60 Å². The van der Waals surface area contributed by atoms with Crippen molar-refractivity contribution in [3.8, 4) is 0 Å². The molecular formula is C20H23ClFN5O2S. The molecule has 0 bridgehead atoms. The van der Waals surface area contributed by atoms with Crippen LogP contribution >= 0.6 is 22.9 Å². The van der Waals surface area contributed by atoms with Crippen molar-refractivity contribution < 1.29 is 13.9 Å². The summed E-state index contributed by atoms with van der Waals surface area (Å²) in [6, 6.07) is 3.31. The lowest BCUT2D eigenvalue weighted by atomic mass is 10.2. The number of aromatic nitrogens is 3. The van der Waals surface area contributed by atoms with Crippen LogP contribution < -0.4 is 10.2 Å². The number of fused-ring (bicyclic) bond motifs is 1. The van der Waals surface area contributed by atoms with Crippen molar-refractivity contribution in [2.75, 3.05) is 11.9 Å². The first-order chi connectivity index (χ1) is 14.0. The zero-order valence-corrected chi connectivity index (χ0v) is 18.9. The van der Waals surface area contributed by atoms with Crippen LogP contribution in [-0.4, -0.2) is 39.7 Å². The number of amides is 1. The number of rotatable bonds is 5. The van der Waals surface area contributed by atoms with Crippen molar-refractivity contribution in [2.24, 2.45) is 0 Å². The van der Waals surface area contributed by atoms with E-state index in [1.165, 1.54) is 17.5 Å². The summed E-state index contributed by atoms with van der Waals surface area (Å²) in [4.78, 5) is 27.0. The molecular weight excluding hydrogens is 429 g/mol. The molecule has 0 aliphatic carbocycles. The summed E-state index contributed by atoms with van der Waals surface area (Å²) in [5.74, 6) is 0.0361. The molecule has 0 saturated heterocycles. The first-order valence-electron chi connectivity index (χ1n) is 9.32. The Morgan fingerprint density at radius 2 is 2.13 bits per heavy atom. The fourth-order valence-electron chi connectivity index (χ4n) is 2.88. The molecule has 3 rings (SSSR count). The topological polar surface area (TPSA) is 80.2 Å². The Labute approximate surface area is 183 Å². The number of ether oxygens (including phenoxy) is 1. The maximum absolute atomic E-state index is 14.2. The lowest BCUT2D eigenvalue weighted by Crippen LogP contribution is -2.38. The SMILES string of the molecule is C[C@@H](Cc1cc2nc(Cl)nc(N(C)c3ccncc3F)c2s1)NC(=O)OC(C)(C)C. The summed E-state index contributed by atoms with van der Waals surface area (Å²) >= 11 is 7.59. The number of alkyl carbamates (subject to hydrolysis) is 1. The first-order valence-corrected chi connectivity index (χ1v) is 10.5. The average Bonchev–Trinajstić information content (AvgIpc) is 3.00. The fraction of sp³-hybridized carbons (Fsp3) is 0.400. The molecule has 30 heavy (non-hydrogen) atoms. The number of thiophene rings is 1. The molecule has 160 valence electrons. The smallest absolute Gasteiger partial charge is 0.407 e. The standard InChI is InChI=1S/C20H23ClFN5O2S/c1-11(24-19(28)29-20(2,3)4)8-12-9-14-16(30-12)17(26-18(21)25-14)27(5)15-6-7-23-10-13(15)22/h6-7,9-11H,8H2,1-5H3,(H,24,28)/t11-/m0/s1. The van der Waals surface area contributed by atoms with Crippen LogP contribution in [0, 0.1) is 5.82 Å². The van der Waals surface area contributed by atoms with Crippen molar-refractivity contribution in [1.29, 1.82) is 0 Å². The molecule has 10 heteroatoms. The summed E-state index contributed by atoms with van der Waals surface area (Å²) in [5.41, 5.74) is 0.432. The zero-order valence-electron chi connectivity index (χ0n) is 17.4. The predicted molar refractivity (Wildman–Crippen MR) is 117 cm³/mol. The largest absolute Gasteiger partial charge is 0.444 e. The van der Waals surface area contributed by atoms with E-state index in [1.807, 2.05) is 33.8 Å². The third-order valence-electron chi connectivity index (χ3n) is 4.08. The van der Waals surface area contributed by atoms with Crippen LogP contribution in [-0.2, 0) is 11.2 Å². The quantitative estimate of drug-likeness (QED) is 0.543. The molecule has 0 aliphatic rings. The summed E-state index contributed by atoms with van der Waals surface area (Å²) in [6.07, 6.45) is 2.77. The van der Waals surface area contributed by atoms with Crippen LogP contribution in [0.1, 0.15) is 32.6 Å². The molecule has 0 aliphatic heterocycles. The number of anilines is 2. The highest BCUT2D eigenvalue weighted by Crippen LogP contribution is 2.36. The van der Waals surface area contributed by atoms with Crippen LogP contribution in [0.4, 0.5) is 20.7 Å². The van der Waals surface area contributed by atoms with Crippen LogP contribution in [0.3, 0.4) is 0 Å². The van der Waals surface area contributed by atoms with Gasteiger partial charge < -0.3 is 15.0 Å². The van der Waals surface area contributed by atoms with Gasteiger partial charge in [0.15, 0.2) is 11.6 Å². The minimum Gasteiger partial charge on any atom is -0.444 e. The zero-order chi connectivity index (χ0) is 22.1. The number of carbonyl (C=O) groups is 1. The van der Waals surface area contributed by atoms with E-state index < -0.39 is 17.5 Å². The lowest BCUT2D eigenvalue weighted by molar-refractivity contribution is 0.0508. The Morgan fingerprint density at radius 1 is 1.40 bits per heavy atom. The molecule has 3 heterocycles. The van der Waals surface area contributed by atoms with Crippen molar-refractivity contribution in [1.82, 2.24) is 20.3 Å². The highest BCUT2D eigenvalue weighted by molar-refractivity contribution is 7.19. The maximum atomic E-state index is 14.2. The Balaban J connectivity index is 1.85. The van der Waals surface area contributed by atoms with E-state index in [0.717, 1.165) is 15.8 Å². The second-order valence-corrected chi connectivity index (χ2v) is 9.36. The molecule has 1 atom stereocenters. The van der Waals surface area contributed by atoms with E-state index in [-0.39, 0.29) is 11.3 Å². The van der Waals surface area contributed by atoms with Crippen molar-refractivity contribution in [2.45, 2.75) is 45.8 Å². The third kappa shape index (κ3) is 5.34. The minimum absolute atomic E-state index is 0.0723. The van der Waals surface area contributed by atoms with E-state index in [1.54, 1.807) is 18.0 Å². The van der Waals surface area contributed by atoms with Gasteiger partial charge in [-0.25, -0.2) is 14.2 Å². The normalized spacial score (nSPS) is 12.6. The van der Waals surface area contributed by atoms with Crippen molar-refractivity contribution in [3.05, 3.63) is 40.5 Å². The minimum atomic E-state index is -0.560. The lowest BCUT2D eigenvalue weighted by Gasteiger charge is -2.21. The van der Waals surface area contributed by atoms with Gasteiger partial charge >= 0.3 is 6.09 Å². The second-order valence-electron chi connectivity index (χ2n) is 7.88. The molecule has 0 unspecified atom stereocenters. The number of hydrogen-bond acceptors (Lipinski definition) is 7. The summed E-state index contributed by atoms with van der Waals surface area (Å²) in [6.45, 7) is 7.34. The molecule has 0 fully saturated rings. The number of pyridine rings is 1. The highest BCUT2D eigenvalue weighted by atomic mass is 35.5. The Bertz CT molecular complexity index is 1070. The van der Waals surface area contributed by atoms with Crippen molar-refractivity contribution >= 4 is 50.8 Å². The predicted octanol–water partition coefficient (Wildman–Crippen LogP) is 5.10. The van der Waals surface area contributed by atoms with Gasteiger partial charge in [-0.2, -0.15) is 4.98 Å². The fourth-order valence-corrected chi connectivity index (χ4v) is 4.30. The molecule has 1 N–H and O–H groups in total. The molecule has 0 spiro atoms. The summed E-state index contributed by atoms with van der Waals surface area (Å²) in [5, 5.41) is 2.90. The molecule has 1 amide bonds. The number of carbonyl (C=O) groups excluding carboxylic acids is 1.